The van der Waals surface area contributed by atoms with E-state index in [0.29, 0.717) is 11.8 Å². The first-order valence-corrected chi connectivity index (χ1v) is 5.35. The number of aryl methyl sites for hydroxylation is 1. The maximum atomic E-state index is 9.62. The van der Waals surface area contributed by atoms with Gasteiger partial charge in [0.2, 0.25) is 5.95 Å². The van der Waals surface area contributed by atoms with Gasteiger partial charge < -0.3 is 15.7 Å². The summed E-state index contributed by atoms with van der Waals surface area (Å²) in [5.41, 5.74) is 0.453. The molecule has 0 fully saturated rings. The Labute approximate surface area is 96.3 Å². The lowest BCUT2D eigenvalue weighted by Crippen LogP contribution is -2.42. The van der Waals surface area contributed by atoms with Crippen LogP contribution in [0.1, 0.15) is 26.5 Å². The zero-order valence-corrected chi connectivity index (χ0v) is 10.5. The van der Waals surface area contributed by atoms with Crippen molar-refractivity contribution in [2.75, 3.05) is 17.7 Å². The third-order valence-corrected chi connectivity index (χ3v) is 2.57. The third kappa shape index (κ3) is 3.06. The average Bonchev–Trinajstić information content (AvgIpc) is 2.15. The molecule has 0 aromatic carbocycles. The predicted octanol–water partition coefficient (Wildman–Crippen LogP) is 1.40. The second kappa shape index (κ2) is 4.65. The number of anilines is 2. The van der Waals surface area contributed by atoms with E-state index in [0.717, 1.165) is 5.69 Å². The van der Waals surface area contributed by atoms with E-state index in [1.54, 1.807) is 14.0 Å². The maximum absolute atomic E-state index is 9.62. The van der Waals surface area contributed by atoms with E-state index in [2.05, 4.69) is 20.6 Å². The molecule has 16 heavy (non-hydrogen) atoms. The number of rotatable bonds is 4. The van der Waals surface area contributed by atoms with Crippen molar-refractivity contribution in [1.29, 1.82) is 0 Å². The first-order chi connectivity index (χ1) is 7.35. The summed E-state index contributed by atoms with van der Waals surface area (Å²) in [7, 11) is 1.78. The molecule has 5 nitrogen and oxygen atoms in total. The van der Waals surface area contributed by atoms with Crippen LogP contribution in [0.2, 0.25) is 0 Å². The predicted molar refractivity (Wildman–Crippen MR) is 65.7 cm³/mol. The van der Waals surface area contributed by atoms with E-state index in [1.807, 2.05) is 26.8 Å². The van der Waals surface area contributed by atoms with Crippen molar-refractivity contribution >= 4 is 11.8 Å². The molecule has 1 heterocycles. The van der Waals surface area contributed by atoms with E-state index < -0.39 is 11.6 Å². The molecule has 1 rings (SSSR count). The van der Waals surface area contributed by atoms with Gasteiger partial charge in [-0.05, 0) is 27.7 Å². The highest BCUT2D eigenvalue weighted by atomic mass is 16.3. The van der Waals surface area contributed by atoms with Crippen LogP contribution in [0.15, 0.2) is 6.07 Å². The Morgan fingerprint density at radius 3 is 2.50 bits per heavy atom. The molecule has 0 bridgehead atoms. The molecule has 0 aliphatic carbocycles. The smallest absolute Gasteiger partial charge is 0.224 e. The molecular weight excluding hydrogens is 204 g/mol. The maximum Gasteiger partial charge on any atom is 0.224 e. The topological polar surface area (TPSA) is 70.1 Å². The van der Waals surface area contributed by atoms with Gasteiger partial charge in [-0.3, -0.25) is 0 Å². The minimum atomic E-state index is -0.471. The summed E-state index contributed by atoms with van der Waals surface area (Å²) in [6, 6.07) is 1.85. The van der Waals surface area contributed by atoms with Crippen LogP contribution in [0.4, 0.5) is 11.8 Å². The van der Waals surface area contributed by atoms with Crippen LogP contribution in [0.5, 0.6) is 0 Å². The van der Waals surface area contributed by atoms with E-state index in [4.69, 9.17) is 0 Å². The molecule has 1 aromatic heterocycles. The highest BCUT2D eigenvalue weighted by molar-refractivity contribution is 5.43. The molecule has 90 valence electrons. The molecule has 0 spiro atoms. The Balaban J connectivity index is 2.93. The SMILES string of the molecule is CNc1nc(C)cc(NC(C)(C)C(C)O)n1. The summed E-state index contributed by atoms with van der Waals surface area (Å²) in [6.07, 6.45) is -0.471. The Bertz CT molecular complexity index is 363. The van der Waals surface area contributed by atoms with Crippen molar-refractivity contribution in [2.24, 2.45) is 0 Å². The largest absolute Gasteiger partial charge is 0.391 e. The van der Waals surface area contributed by atoms with Gasteiger partial charge in [0.15, 0.2) is 0 Å². The van der Waals surface area contributed by atoms with Crippen LogP contribution in [0, 0.1) is 6.92 Å². The molecule has 0 aliphatic rings. The molecule has 0 saturated heterocycles. The zero-order chi connectivity index (χ0) is 12.3. The summed E-state index contributed by atoms with van der Waals surface area (Å²) in [5, 5.41) is 15.7. The first kappa shape index (κ1) is 12.7. The Hall–Kier alpha value is -1.36. The Morgan fingerprint density at radius 1 is 1.38 bits per heavy atom. The van der Waals surface area contributed by atoms with Crippen molar-refractivity contribution in [3.63, 3.8) is 0 Å². The summed E-state index contributed by atoms with van der Waals surface area (Å²) < 4.78 is 0. The molecule has 0 amide bonds. The van der Waals surface area contributed by atoms with Gasteiger partial charge in [0.05, 0.1) is 11.6 Å². The van der Waals surface area contributed by atoms with Gasteiger partial charge in [-0.1, -0.05) is 0 Å². The quantitative estimate of drug-likeness (QED) is 0.721. The van der Waals surface area contributed by atoms with Crippen LogP contribution >= 0.6 is 0 Å². The minimum Gasteiger partial charge on any atom is -0.391 e. The standard InChI is InChI=1S/C11H20N4O/c1-7-6-9(14-10(12-5)13-7)15-11(3,4)8(2)16/h6,8,16H,1-5H3,(H2,12,13,14,15). The van der Waals surface area contributed by atoms with Crippen molar-refractivity contribution in [1.82, 2.24) is 9.97 Å². The summed E-state index contributed by atoms with van der Waals surface area (Å²) in [4.78, 5) is 8.48. The average molecular weight is 224 g/mol. The number of nitrogens with zero attached hydrogens (tertiary/aromatic N) is 2. The van der Waals surface area contributed by atoms with Gasteiger partial charge in [0.25, 0.3) is 0 Å². The normalized spacial score (nSPS) is 13.4. The monoisotopic (exact) mass is 224 g/mol. The number of aromatic nitrogens is 2. The fraction of sp³-hybridized carbons (Fsp3) is 0.636. The van der Waals surface area contributed by atoms with Crippen LogP contribution in [0.25, 0.3) is 0 Å². The lowest BCUT2D eigenvalue weighted by molar-refractivity contribution is 0.133. The Morgan fingerprint density at radius 2 is 2.00 bits per heavy atom. The van der Waals surface area contributed by atoms with E-state index in [9.17, 15) is 5.11 Å². The molecule has 1 aromatic rings. The van der Waals surface area contributed by atoms with Gasteiger partial charge in [-0.25, -0.2) is 4.98 Å². The zero-order valence-electron chi connectivity index (χ0n) is 10.5. The molecule has 0 aliphatic heterocycles. The van der Waals surface area contributed by atoms with Crippen molar-refractivity contribution in [2.45, 2.75) is 39.3 Å². The molecular formula is C11H20N4O. The molecule has 3 N–H and O–H groups in total. The molecule has 5 heteroatoms. The van der Waals surface area contributed by atoms with Crippen molar-refractivity contribution in [3.8, 4) is 0 Å². The molecule has 1 atom stereocenters. The van der Waals surface area contributed by atoms with Crippen LogP contribution < -0.4 is 10.6 Å². The van der Waals surface area contributed by atoms with Crippen molar-refractivity contribution < 1.29 is 5.11 Å². The van der Waals surface area contributed by atoms with Gasteiger partial charge in [-0.2, -0.15) is 4.98 Å². The first-order valence-electron chi connectivity index (χ1n) is 5.35. The summed E-state index contributed by atoms with van der Waals surface area (Å²) >= 11 is 0. The number of aliphatic hydroxyl groups excluding tert-OH is 1. The van der Waals surface area contributed by atoms with Crippen molar-refractivity contribution in [3.05, 3.63) is 11.8 Å². The lowest BCUT2D eigenvalue weighted by Gasteiger charge is -2.30. The highest BCUT2D eigenvalue weighted by Gasteiger charge is 2.24. The second-order valence-corrected chi connectivity index (χ2v) is 4.49. The van der Waals surface area contributed by atoms with Gasteiger partial charge >= 0.3 is 0 Å². The fourth-order valence-corrected chi connectivity index (χ4v) is 1.18. The number of hydrogen-bond acceptors (Lipinski definition) is 5. The molecule has 0 saturated carbocycles. The van der Waals surface area contributed by atoms with E-state index in [-0.39, 0.29) is 0 Å². The van der Waals surface area contributed by atoms with Crippen LogP contribution in [0.3, 0.4) is 0 Å². The fourth-order valence-electron chi connectivity index (χ4n) is 1.18. The van der Waals surface area contributed by atoms with Crippen LogP contribution in [-0.4, -0.2) is 33.8 Å². The second-order valence-electron chi connectivity index (χ2n) is 4.49. The van der Waals surface area contributed by atoms with Crippen LogP contribution in [-0.2, 0) is 0 Å². The molecule has 0 radical (unpaired) electrons. The lowest BCUT2D eigenvalue weighted by atomic mass is 9.99. The number of aliphatic hydroxyl groups is 1. The summed E-state index contributed by atoms with van der Waals surface area (Å²) in [5.74, 6) is 1.28. The van der Waals surface area contributed by atoms with Gasteiger partial charge in [0.1, 0.15) is 5.82 Å². The number of hydrogen-bond donors (Lipinski definition) is 3. The third-order valence-electron chi connectivity index (χ3n) is 2.57. The molecule has 1 unspecified atom stereocenters. The highest BCUT2D eigenvalue weighted by Crippen LogP contribution is 2.18. The van der Waals surface area contributed by atoms with E-state index >= 15 is 0 Å². The van der Waals surface area contributed by atoms with Gasteiger partial charge in [0, 0.05) is 18.8 Å². The van der Waals surface area contributed by atoms with E-state index in [1.165, 1.54) is 0 Å². The van der Waals surface area contributed by atoms with Gasteiger partial charge in [-0.15, -0.1) is 0 Å². The Kier molecular flexibility index (Phi) is 3.70. The number of nitrogens with one attached hydrogen (secondary N) is 2. The summed E-state index contributed by atoms with van der Waals surface area (Å²) in [6.45, 7) is 7.51. The minimum absolute atomic E-state index is 0.425.